The maximum Gasteiger partial charge on any atom is 0.412 e. The van der Waals surface area contributed by atoms with E-state index in [2.05, 4.69) is 31.3 Å². The second kappa shape index (κ2) is 22.6. The third-order valence-electron chi connectivity index (χ3n) is 9.45. The van der Waals surface area contributed by atoms with E-state index in [-0.39, 0.29) is 11.4 Å². The molecule has 18 N–H and O–H groups in total. The number of hydrogen-bond donors (Lipinski definition) is 14. The highest BCUT2D eigenvalue weighted by Crippen LogP contribution is 2.29. The quantitative estimate of drug-likeness (QED) is 0.0518. The average molecular weight is 915 g/mol. The molecular formula is C39H50N10O16. The van der Waals surface area contributed by atoms with Gasteiger partial charge in [0.1, 0.15) is 12.2 Å². The number of carboxylic acids is 2. The molecule has 0 spiro atoms. The van der Waals surface area contributed by atoms with Gasteiger partial charge >= 0.3 is 24.1 Å². The monoisotopic (exact) mass is 914 g/mol. The van der Waals surface area contributed by atoms with Gasteiger partial charge in [-0.25, -0.2) is 29.2 Å². The number of aliphatic hydroxyl groups excluding tert-OH is 4. The standard InChI is InChI=1S/C39H50N10O16/c1-16(52)44-28-22(48-36(40)41)12-26(34(56)57)62-32(28)30(24(54)14-50)64-38(60)46-20-7-3-18(4-8-20)11-19-5-9-21(10-6-19)47-39(61)65-31(25(55)15-51)33-29(45-17(2)53)23(49-37(42)43)13-27(63-33)35(58)59/h3-10,12-13,22-25,28-33,50-51,54-55H,11,14-15H2,1-2H3,(H,44,52)(H,45,53)(H,46,60)(H,47,61)(H,56,57)(H,58,59)(H4,40,41,48)(H4,42,43,49)/t22-,23-,24-,25+,28+,29+,30+,31+,32+,33+/m0/s1. The zero-order chi connectivity index (χ0) is 48.1. The maximum atomic E-state index is 13.1. The number of nitrogens with two attached hydrogens (primary N) is 4. The van der Waals surface area contributed by atoms with Gasteiger partial charge in [0.2, 0.25) is 23.3 Å². The highest BCUT2D eigenvalue weighted by atomic mass is 16.6. The lowest BCUT2D eigenvalue weighted by atomic mass is 9.92. The molecule has 2 aromatic carbocycles. The van der Waals surface area contributed by atoms with E-state index >= 15 is 0 Å². The molecular weight excluding hydrogens is 864 g/mol. The maximum absolute atomic E-state index is 13.1. The molecule has 65 heavy (non-hydrogen) atoms. The zero-order valence-corrected chi connectivity index (χ0v) is 34.6. The molecule has 2 aromatic rings. The Morgan fingerprint density at radius 3 is 1.25 bits per heavy atom. The number of carboxylic acid groups (broad SMARTS) is 2. The first-order valence-corrected chi connectivity index (χ1v) is 19.4. The van der Waals surface area contributed by atoms with Crippen LogP contribution < -0.4 is 44.2 Å². The molecule has 10 atom stereocenters. The van der Waals surface area contributed by atoms with Crippen LogP contribution in [0.5, 0.6) is 0 Å². The molecule has 0 aliphatic carbocycles. The number of guanidine groups is 2. The van der Waals surface area contributed by atoms with Gasteiger partial charge in [0.25, 0.3) is 0 Å². The minimum Gasteiger partial charge on any atom is -0.477 e. The summed E-state index contributed by atoms with van der Waals surface area (Å²) in [5, 5.41) is 70.2. The van der Waals surface area contributed by atoms with Gasteiger partial charge in [-0.15, -0.1) is 0 Å². The summed E-state index contributed by atoms with van der Waals surface area (Å²) in [6.07, 6.45) is -10.4. The van der Waals surface area contributed by atoms with Crippen LogP contribution in [-0.2, 0) is 44.5 Å². The third-order valence-corrected chi connectivity index (χ3v) is 9.45. The summed E-state index contributed by atoms with van der Waals surface area (Å²) in [6, 6.07) is 7.71. The van der Waals surface area contributed by atoms with Crippen molar-refractivity contribution in [3.8, 4) is 0 Å². The van der Waals surface area contributed by atoms with Crippen molar-refractivity contribution in [2.45, 2.75) is 81.1 Å². The highest BCUT2D eigenvalue weighted by molar-refractivity contribution is 5.87. The van der Waals surface area contributed by atoms with Crippen LogP contribution in [-0.4, -0.2) is 153 Å². The van der Waals surface area contributed by atoms with Gasteiger partial charge in [0.15, 0.2) is 36.3 Å². The minimum absolute atomic E-state index is 0.218. The van der Waals surface area contributed by atoms with E-state index in [0.717, 1.165) is 37.1 Å². The van der Waals surface area contributed by atoms with Crippen molar-refractivity contribution in [3.63, 3.8) is 0 Å². The van der Waals surface area contributed by atoms with Crippen molar-refractivity contribution in [1.82, 2.24) is 10.6 Å². The molecule has 0 unspecified atom stereocenters. The van der Waals surface area contributed by atoms with E-state index in [1.165, 1.54) is 24.3 Å². The summed E-state index contributed by atoms with van der Waals surface area (Å²) in [6.45, 7) is 0.342. The molecule has 2 aliphatic rings. The van der Waals surface area contributed by atoms with Crippen LogP contribution in [0.3, 0.4) is 0 Å². The van der Waals surface area contributed by atoms with Crippen molar-refractivity contribution in [2.24, 2.45) is 32.9 Å². The number of aliphatic hydroxyl groups is 4. The Bertz CT molecular complexity index is 2030. The number of carbonyl (C=O) groups is 6. The van der Waals surface area contributed by atoms with Crippen molar-refractivity contribution in [2.75, 3.05) is 23.8 Å². The topological polar surface area (TPSA) is 438 Å². The van der Waals surface area contributed by atoms with Crippen LogP contribution >= 0.6 is 0 Å². The Kier molecular flexibility index (Phi) is 17.4. The van der Waals surface area contributed by atoms with E-state index < -0.39 is 133 Å². The summed E-state index contributed by atoms with van der Waals surface area (Å²) in [5.74, 6) is -6.69. The van der Waals surface area contributed by atoms with Crippen LogP contribution in [0.15, 0.2) is 82.2 Å². The highest BCUT2D eigenvalue weighted by Gasteiger charge is 2.48. The second-order valence-corrected chi connectivity index (χ2v) is 14.4. The molecule has 4 amide bonds. The first-order valence-electron chi connectivity index (χ1n) is 19.4. The number of carbonyl (C=O) groups excluding carboxylic acids is 4. The van der Waals surface area contributed by atoms with E-state index in [9.17, 15) is 59.4 Å². The molecule has 0 radical (unpaired) electrons. The SMILES string of the molecule is CC(=O)N[C@H]1[C@H]([C@H](OC(=O)Nc2ccc(Cc3ccc(NC(=O)O[C@@H]([C@@H]4OC(C(=O)O)=C[C@H](N=C(N)N)[C@H]4NC(C)=O)[C@@H](O)CO)cc3)cc2)[C@H](O)CO)OC(C(=O)O)=C[C@@H]1N=C(N)N. The summed E-state index contributed by atoms with van der Waals surface area (Å²) in [4.78, 5) is 82.1. The Balaban J connectivity index is 1.42. The number of amides is 4. The molecule has 2 heterocycles. The number of rotatable bonds is 18. The van der Waals surface area contributed by atoms with Crippen molar-refractivity contribution in [3.05, 3.63) is 83.3 Å². The number of aliphatic imine (C=N–C) groups is 2. The lowest BCUT2D eigenvalue weighted by Crippen LogP contribution is -2.61. The molecule has 0 saturated heterocycles. The number of aliphatic carboxylic acids is 2. The minimum atomic E-state index is -1.83. The Hall–Kier alpha value is -7.68. The van der Waals surface area contributed by atoms with Gasteiger partial charge in [-0.3, -0.25) is 20.2 Å². The Morgan fingerprint density at radius 2 is 0.969 bits per heavy atom. The lowest BCUT2D eigenvalue weighted by Gasteiger charge is -2.39. The van der Waals surface area contributed by atoms with Crippen LogP contribution in [0.4, 0.5) is 21.0 Å². The molecule has 26 heteroatoms. The molecule has 0 bridgehead atoms. The van der Waals surface area contributed by atoms with Crippen LogP contribution in [0.25, 0.3) is 0 Å². The van der Waals surface area contributed by atoms with Crippen LogP contribution in [0.2, 0.25) is 0 Å². The summed E-state index contributed by atoms with van der Waals surface area (Å²) in [7, 11) is 0. The number of anilines is 2. The first kappa shape index (κ1) is 50.0. The fourth-order valence-corrected chi connectivity index (χ4v) is 6.72. The number of benzene rings is 2. The van der Waals surface area contributed by atoms with Gasteiger partial charge in [-0.05, 0) is 54.0 Å². The zero-order valence-electron chi connectivity index (χ0n) is 34.6. The molecule has 0 fully saturated rings. The Labute approximate surface area is 368 Å². The lowest BCUT2D eigenvalue weighted by molar-refractivity contribution is -0.146. The number of nitrogens with one attached hydrogen (secondary N) is 4. The summed E-state index contributed by atoms with van der Waals surface area (Å²) >= 11 is 0. The molecule has 0 aromatic heterocycles. The number of ether oxygens (including phenoxy) is 4. The second-order valence-electron chi connectivity index (χ2n) is 14.4. The number of hydrogen-bond acceptors (Lipinski definition) is 16. The first-order chi connectivity index (χ1) is 30.7. The average Bonchev–Trinajstić information content (AvgIpc) is 3.23. The van der Waals surface area contributed by atoms with Gasteiger partial charge in [0, 0.05) is 25.2 Å². The predicted octanol–water partition coefficient (Wildman–Crippen LogP) is -3.15. The van der Waals surface area contributed by atoms with Crippen molar-refractivity contribution in [1.29, 1.82) is 0 Å². The third kappa shape index (κ3) is 14.2. The van der Waals surface area contributed by atoms with Crippen molar-refractivity contribution >= 4 is 59.2 Å². The van der Waals surface area contributed by atoms with E-state index in [1.54, 1.807) is 24.3 Å². The smallest absolute Gasteiger partial charge is 0.412 e. The van der Waals surface area contributed by atoms with E-state index in [4.69, 9.17) is 41.9 Å². The molecule has 352 valence electrons. The Morgan fingerprint density at radius 1 is 0.631 bits per heavy atom. The fraction of sp³-hybridized carbons (Fsp3) is 0.385. The normalized spacial score (nSPS) is 21.9. The van der Waals surface area contributed by atoms with Gasteiger partial charge < -0.3 is 83.2 Å². The van der Waals surface area contributed by atoms with Crippen LogP contribution in [0.1, 0.15) is 25.0 Å². The molecule has 0 saturated carbocycles. The van der Waals surface area contributed by atoms with Crippen LogP contribution in [0, 0.1) is 0 Å². The van der Waals surface area contributed by atoms with E-state index in [0.29, 0.717) is 6.42 Å². The van der Waals surface area contributed by atoms with Crippen molar-refractivity contribution < 1.29 is 78.4 Å². The largest absolute Gasteiger partial charge is 0.477 e. The predicted molar refractivity (Wildman–Crippen MR) is 225 cm³/mol. The van der Waals surface area contributed by atoms with Gasteiger partial charge in [-0.1, -0.05) is 24.3 Å². The van der Waals surface area contributed by atoms with Gasteiger partial charge in [-0.2, -0.15) is 0 Å². The summed E-state index contributed by atoms with van der Waals surface area (Å²) in [5.41, 5.74) is 24.0. The van der Waals surface area contributed by atoms with Gasteiger partial charge in [0.05, 0.1) is 37.4 Å². The summed E-state index contributed by atoms with van der Waals surface area (Å²) < 4.78 is 21.9. The molecule has 26 nitrogen and oxygen atoms in total. The number of nitrogens with zero attached hydrogens (tertiary/aromatic N) is 2. The molecule has 4 rings (SSSR count). The fourth-order valence-electron chi connectivity index (χ4n) is 6.72. The molecule has 2 aliphatic heterocycles. The van der Waals surface area contributed by atoms with E-state index in [1.807, 2.05) is 0 Å².